The first-order chi connectivity index (χ1) is 9.17. The van der Waals surface area contributed by atoms with Gasteiger partial charge in [-0.05, 0) is 50.0 Å². The Hall–Kier alpha value is -1.81. The number of carbonyl (C=O) groups excluding carboxylic acids is 1. The highest BCUT2D eigenvalue weighted by molar-refractivity contribution is 5.97. The van der Waals surface area contributed by atoms with Crippen LogP contribution in [-0.2, 0) is 0 Å². The number of hydrogen-bond donors (Lipinski definition) is 2. The standard InChI is InChI=1S/C15H21N3O/c1-3-13(6-8-17-2)18-9-7-11-4-5-12(15(16)19)10-14(11)18/h4-5,7,9-10,13,17H,3,6,8H2,1-2H3,(H2,16,19). The summed E-state index contributed by atoms with van der Waals surface area (Å²) in [6.45, 7) is 3.16. The van der Waals surface area contributed by atoms with E-state index in [9.17, 15) is 4.79 Å². The highest BCUT2D eigenvalue weighted by Crippen LogP contribution is 2.25. The fourth-order valence-electron chi connectivity index (χ4n) is 2.47. The molecule has 0 aliphatic rings. The van der Waals surface area contributed by atoms with E-state index in [0.29, 0.717) is 11.6 Å². The van der Waals surface area contributed by atoms with Crippen molar-refractivity contribution in [3.05, 3.63) is 36.0 Å². The van der Waals surface area contributed by atoms with Crippen LogP contribution in [0.5, 0.6) is 0 Å². The molecule has 2 aromatic rings. The average molecular weight is 259 g/mol. The lowest BCUT2D eigenvalue weighted by Crippen LogP contribution is -2.16. The Balaban J connectivity index is 2.41. The molecule has 1 aromatic carbocycles. The van der Waals surface area contributed by atoms with Crippen LogP contribution in [0.25, 0.3) is 10.9 Å². The van der Waals surface area contributed by atoms with Crippen molar-refractivity contribution in [3.8, 4) is 0 Å². The zero-order valence-corrected chi connectivity index (χ0v) is 11.5. The summed E-state index contributed by atoms with van der Waals surface area (Å²) in [6, 6.07) is 8.15. The smallest absolute Gasteiger partial charge is 0.248 e. The summed E-state index contributed by atoms with van der Waals surface area (Å²) in [7, 11) is 1.96. The van der Waals surface area contributed by atoms with Gasteiger partial charge in [-0.3, -0.25) is 4.79 Å². The summed E-state index contributed by atoms with van der Waals surface area (Å²) >= 11 is 0. The minimum Gasteiger partial charge on any atom is -0.366 e. The first-order valence-electron chi connectivity index (χ1n) is 6.72. The number of nitrogens with two attached hydrogens (primary N) is 1. The quantitative estimate of drug-likeness (QED) is 0.836. The number of nitrogens with one attached hydrogen (secondary N) is 1. The number of rotatable bonds is 6. The van der Waals surface area contributed by atoms with Crippen molar-refractivity contribution in [2.75, 3.05) is 13.6 Å². The molecule has 4 heteroatoms. The number of fused-ring (bicyclic) bond motifs is 1. The van der Waals surface area contributed by atoms with E-state index in [-0.39, 0.29) is 5.91 Å². The molecule has 102 valence electrons. The lowest BCUT2D eigenvalue weighted by Gasteiger charge is -2.18. The van der Waals surface area contributed by atoms with Crippen LogP contribution in [-0.4, -0.2) is 24.1 Å². The van der Waals surface area contributed by atoms with Gasteiger partial charge in [0.15, 0.2) is 0 Å². The Morgan fingerprint density at radius 1 is 1.42 bits per heavy atom. The molecule has 0 aliphatic carbocycles. The van der Waals surface area contributed by atoms with Gasteiger partial charge in [0.1, 0.15) is 0 Å². The van der Waals surface area contributed by atoms with Crippen molar-refractivity contribution in [1.29, 1.82) is 0 Å². The van der Waals surface area contributed by atoms with E-state index in [4.69, 9.17) is 5.73 Å². The second-order valence-corrected chi connectivity index (χ2v) is 4.82. The molecule has 1 atom stereocenters. The van der Waals surface area contributed by atoms with Crippen LogP contribution in [0.4, 0.5) is 0 Å². The van der Waals surface area contributed by atoms with E-state index in [1.54, 1.807) is 6.07 Å². The van der Waals surface area contributed by atoms with Crippen LogP contribution in [0, 0.1) is 0 Å². The predicted octanol–water partition coefficient (Wildman–Crippen LogP) is 2.30. The molecule has 0 bridgehead atoms. The molecule has 19 heavy (non-hydrogen) atoms. The highest BCUT2D eigenvalue weighted by atomic mass is 16.1. The molecule has 0 aliphatic heterocycles. The molecule has 1 unspecified atom stereocenters. The summed E-state index contributed by atoms with van der Waals surface area (Å²) in [4.78, 5) is 11.3. The second kappa shape index (κ2) is 5.89. The van der Waals surface area contributed by atoms with Gasteiger partial charge in [0.05, 0.1) is 0 Å². The summed E-state index contributed by atoms with van der Waals surface area (Å²) in [5.41, 5.74) is 7.00. The Morgan fingerprint density at radius 2 is 2.21 bits per heavy atom. The van der Waals surface area contributed by atoms with Gasteiger partial charge in [-0.15, -0.1) is 0 Å². The van der Waals surface area contributed by atoms with E-state index in [2.05, 4.69) is 29.1 Å². The van der Waals surface area contributed by atoms with Gasteiger partial charge in [-0.1, -0.05) is 13.0 Å². The zero-order chi connectivity index (χ0) is 13.8. The van der Waals surface area contributed by atoms with E-state index < -0.39 is 0 Å². The van der Waals surface area contributed by atoms with Gasteiger partial charge in [0, 0.05) is 23.3 Å². The summed E-state index contributed by atoms with van der Waals surface area (Å²) in [6.07, 6.45) is 4.23. The van der Waals surface area contributed by atoms with Crippen molar-refractivity contribution < 1.29 is 4.79 Å². The van der Waals surface area contributed by atoms with Crippen LogP contribution in [0.15, 0.2) is 30.5 Å². The lowest BCUT2D eigenvalue weighted by atomic mass is 10.1. The topological polar surface area (TPSA) is 60.1 Å². The third-order valence-electron chi connectivity index (χ3n) is 3.60. The molecule has 3 N–H and O–H groups in total. The van der Waals surface area contributed by atoms with E-state index >= 15 is 0 Å². The number of primary amides is 1. The molecule has 0 radical (unpaired) electrons. The van der Waals surface area contributed by atoms with Crippen molar-refractivity contribution in [3.63, 3.8) is 0 Å². The third kappa shape index (κ3) is 2.79. The van der Waals surface area contributed by atoms with Crippen molar-refractivity contribution in [2.24, 2.45) is 5.73 Å². The minimum absolute atomic E-state index is 0.377. The van der Waals surface area contributed by atoms with Crippen molar-refractivity contribution in [1.82, 2.24) is 9.88 Å². The fourth-order valence-corrected chi connectivity index (χ4v) is 2.47. The number of amides is 1. The van der Waals surface area contributed by atoms with Gasteiger partial charge >= 0.3 is 0 Å². The summed E-state index contributed by atoms with van der Waals surface area (Å²) in [5.74, 6) is -0.377. The first kappa shape index (κ1) is 13.6. The van der Waals surface area contributed by atoms with Gasteiger partial charge in [-0.2, -0.15) is 0 Å². The number of benzene rings is 1. The number of hydrogen-bond acceptors (Lipinski definition) is 2. The highest BCUT2D eigenvalue weighted by Gasteiger charge is 2.12. The fraction of sp³-hybridized carbons (Fsp3) is 0.400. The summed E-state index contributed by atoms with van der Waals surface area (Å²) in [5, 5.41) is 4.33. The number of carbonyl (C=O) groups is 1. The van der Waals surface area contributed by atoms with Crippen molar-refractivity contribution >= 4 is 16.8 Å². The molecule has 1 aromatic heterocycles. The van der Waals surface area contributed by atoms with Crippen LogP contribution in [0.1, 0.15) is 36.2 Å². The molecule has 2 rings (SSSR count). The van der Waals surface area contributed by atoms with Gasteiger partial charge in [-0.25, -0.2) is 0 Å². The Kier molecular flexibility index (Phi) is 4.22. The maximum atomic E-state index is 11.3. The van der Waals surface area contributed by atoms with Crippen LogP contribution in [0.2, 0.25) is 0 Å². The maximum Gasteiger partial charge on any atom is 0.248 e. The normalized spacial score (nSPS) is 12.7. The monoisotopic (exact) mass is 259 g/mol. The van der Waals surface area contributed by atoms with E-state index in [0.717, 1.165) is 30.3 Å². The Labute approximate surface area is 113 Å². The molecular formula is C15H21N3O. The third-order valence-corrected chi connectivity index (χ3v) is 3.60. The van der Waals surface area contributed by atoms with Gasteiger partial charge < -0.3 is 15.6 Å². The molecule has 0 saturated carbocycles. The average Bonchev–Trinajstić information content (AvgIpc) is 2.83. The molecular weight excluding hydrogens is 238 g/mol. The summed E-state index contributed by atoms with van der Waals surface area (Å²) < 4.78 is 2.25. The molecule has 0 fully saturated rings. The Bertz CT molecular complexity index is 574. The van der Waals surface area contributed by atoms with Crippen LogP contribution < -0.4 is 11.1 Å². The van der Waals surface area contributed by atoms with Gasteiger partial charge in [0.2, 0.25) is 5.91 Å². The van der Waals surface area contributed by atoms with Gasteiger partial charge in [0.25, 0.3) is 0 Å². The first-order valence-corrected chi connectivity index (χ1v) is 6.72. The van der Waals surface area contributed by atoms with E-state index in [1.807, 2.05) is 19.2 Å². The largest absolute Gasteiger partial charge is 0.366 e. The molecule has 1 amide bonds. The SMILES string of the molecule is CCC(CCNC)n1ccc2ccc(C(N)=O)cc21. The predicted molar refractivity (Wildman–Crippen MR) is 78.3 cm³/mol. The molecule has 0 saturated heterocycles. The molecule has 1 heterocycles. The number of nitrogens with zero attached hydrogens (tertiary/aromatic N) is 1. The zero-order valence-electron chi connectivity index (χ0n) is 11.5. The Morgan fingerprint density at radius 3 is 2.84 bits per heavy atom. The van der Waals surface area contributed by atoms with Crippen molar-refractivity contribution in [2.45, 2.75) is 25.8 Å². The maximum absolute atomic E-state index is 11.3. The lowest BCUT2D eigenvalue weighted by molar-refractivity contribution is 0.100. The number of aromatic nitrogens is 1. The van der Waals surface area contributed by atoms with Crippen LogP contribution in [0.3, 0.4) is 0 Å². The van der Waals surface area contributed by atoms with E-state index in [1.165, 1.54) is 0 Å². The van der Waals surface area contributed by atoms with Crippen LogP contribution >= 0.6 is 0 Å². The second-order valence-electron chi connectivity index (χ2n) is 4.82. The minimum atomic E-state index is -0.377. The molecule has 0 spiro atoms. The molecule has 4 nitrogen and oxygen atoms in total.